The topological polar surface area (TPSA) is 67.8 Å². The Morgan fingerprint density at radius 1 is 1.39 bits per heavy atom. The Hall–Kier alpha value is -1.59. The van der Waals surface area contributed by atoms with Gasteiger partial charge in [0.25, 0.3) is 0 Å². The number of ether oxygens (including phenoxy) is 2. The zero-order chi connectivity index (χ0) is 15.8. The lowest BCUT2D eigenvalue weighted by Crippen LogP contribution is -2.76. The predicted molar refractivity (Wildman–Crippen MR) is 83.0 cm³/mol. The fourth-order valence-corrected chi connectivity index (χ4v) is 5.72. The first-order valence-corrected chi connectivity index (χ1v) is 8.43. The molecule has 0 aromatic heterocycles. The first-order valence-electron chi connectivity index (χ1n) is 8.43. The van der Waals surface area contributed by atoms with Gasteiger partial charge < -0.3 is 19.9 Å². The standard InChI is InChI=1S/C18H21NO4/c1-22-13-3-2-10-8-14-18(21)5-4-12(20)11-9-23-16(13)15(10)17(11,18)6-7-19-14/h2-3,11,14,19,21H,4-9H2,1H3/t11?,14?,17-,18-/m1/s1. The molecule has 4 aliphatic rings. The van der Waals surface area contributed by atoms with Crippen LogP contribution in [0.4, 0.5) is 0 Å². The summed E-state index contributed by atoms with van der Waals surface area (Å²) in [6.07, 6.45) is 2.52. The third-order valence-electron chi connectivity index (χ3n) is 6.69. The largest absolute Gasteiger partial charge is 0.493 e. The molecular formula is C18H21NO4. The van der Waals surface area contributed by atoms with E-state index in [1.165, 1.54) is 5.56 Å². The van der Waals surface area contributed by atoms with Gasteiger partial charge in [0.2, 0.25) is 0 Å². The van der Waals surface area contributed by atoms with Crippen LogP contribution in [-0.2, 0) is 16.6 Å². The van der Waals surface area contributed by atoms with E-state index >= 15 is 0 Å². The summed E-state index contributed by atoms with van der Waals surface area (Å²) >= 11 is 0. The number of hydrogen-bond acceptors (Lipinski definition) is 5. The second-order valence-electron chi connectivity index (χ2n) is 7.32. The van der Waals surface area contributed by atoms with Gasteiger partial charge in [0.05, 0.1) is 25.2 Å². The summed E-state index contributed by atoms with van der Waals surface area (Å²) in [6, 6.07) is 4.03. The van der Waals surface area contributed by atoms with E-state index in [1.54, 1.807) is 7.11 Å². The lowest BCUT2D eigenvalue weighted by Gasteiger charge is -2.64. The number of nitrogens with one attached hydrogen (secondary N) is 1. The van der Waals surface area contributed by atoms with Crippen LogP contribution in [-0.4, -0.2) is 42.8 Å². The van der Waals surface area contributed by atoms with Gasteiger partial charge in [-0.3, -0.25) is 4.79 Å². The fourth-order valence-electron chi connectivity index (χ4n) is 5.72. The molecule has 1 saturated carbocycles. The molecule has 0 amide bonds. The number of piperidine rings is 1. The highest BCUT2D eigenvalue weighted by Gasteiger charge is 2.69. The molecule has 2 aliphatic heterocycles. The minimum Gasteiger partial charge on any atom is -0.493 e. The number of Topliss-reactive ketones (excluding diaryl/α,β-unsaturated/α-hetero) is 1. The van der Waals surface area contributed by atoms with Crippen LogP contribution < -0.4 is 14.8 Å². The van der Waals surface area contributed by atoms with E-state index in [0.717, 1.165) is 30.7 Å². The van der Waals surface area contributed by atoms with Gasteiger partial charge in [-0.15, -0.1) is 0 Å². The van der Waals surface area contributed by atoms with Gasteiger partial charge in [-0.2, -0.15) is 0 Å². The van der Waals surface area contributed by atoms with Gasteiger partial charge in [-0.1, -0.05) is 6.07 Å². The van der Waals surface area contributed by atoms with Crippen LogP contribution in [0.5, 0.6) is 11.5 Å². The average Bonchev–Trinajstić information content (AvgIpc) is 2.54. The van der Waals surface area contributed by atoms with Gasteiger partial charge in [0, 0.05) is 23.4 Å². The highest BCUT2D eigenvalue weighted by atomic mass is 16.5. The number of methoxy groups -OCH3 is 1. The molecule has 1 aromatic rings. The molecular weight excluding hydrogens is 294 g/mol. The van der Waals surface area contributed by atoms with Gasteiger partial charge >= 0.3 is 0 Å². The number of rotatable bonds is 1. The van der Waals surface area contributed by atoms with E-state index in [1.807, 2.05) is 6.07 Å². The lowest BCUT2D eigenvalue weighted by atomic mass is 9.45. The maximum atomic E-state index is 12.7. The molecule has 122 valence electrons. The quantitative estimate of drug-likeness (QED) is 0.808. The third-order valence-corrected chi connectivity index (χ3v) is 6.69. The summed E-state index contributed by atoms with van der Waals surface area (Å²) in [6.45, 7) is 1.17. The first-order chi connectivity index (χ1) is 11.1. The first kappa shape index (κ1) is 13.8. The molecule has 5 nitrogen and oxygen atoms in total. The molecule has 1 spiro atoms. The SMILES string of the molecule is COc1ccc2c3c1OCC1C(=O)CC[C@@]4(O)C(C2)NCC[C@]314. The Morgan fingerprint density at radius 3 is 3.09 bits per heavy atom. The molecule has 1 aromatic carbocycles. The van der Waals surface area contributed by atoms with Crippen molar-refractivity contribution in [2.45, 2.75) is 42.7 Å². The highest BCUT2D eigenvalue weighted by molar-refractivity contribution is 5.86. The Kier molecular flexibility index (Phi) is 2.57. The summed E-state index contributed by atoms with van der Waals surface area (Å²) in [4.78, 5) is 12.7. The number of carbonyl (C=O) groups excluding carboxylic acids is 1. The molecule has 2 unspecified atom stereocenters. The molecule has 1 saturated heterocycles. The van der Waals surface area contributed by atoms with Crippen LogP contribution in [0.2, 0.25) is 0 Å². The minimum absolute atomic E-state index is 0.0127. The molecule has 2 bridgehead atoms. The number of aliphatic hydroxyl groups is 1. The number of ketones is 1. The van der Waals surface area contributed by atoms with Crippen molar-refractivity contribution in [3.8, 4) is 11.5 Å². The lowest BCUT2D eigenvalue weighted by molar-refractivity contribution is -0.172. The van der Waals surface area contributed by atoms with Crippen molar-refractivity contribution in [3.63, 3.8) is 0 Å². The van der Waals surface area contributed by atoms with E-state index in [2.05, 4.69) is 11.4 Å². The molecule has 2 fully saturated rings. The van der Waals surface area contributed by atoms with Crippen LogP contribution in [0.25, 0.3) is 0 Å². The highest BCUT2D eigenvalue weighted by Crippen LogP contribution is 2.62. The molecule has 5 rings (SSSR count). The van der Waals surface area contributed by atoms with Crippen LogP contribution in [0.3, 0.4) is 0 Å². The molecule has 23 heavy (non-hydrogen) atoms. The monoisotopic (exact) mass is 315 g/mol. The van der Waals surface area contributed by atoms with E-state index in [9.17, 15) is 9.90 Å². The molecule has 4 atom stereocenters. The fraction of sp³-hybridized carbons (Fsp3) is 0.611. The smallest absolute Gasteiger partial charge is 0.165 e. The molecule has 2 heterocycles. The summed E-state index contributed by atoms with van der Waals surface area (Å²) in [5, 5.41) is 15.2. The second-order valence-corrected chi connectivity index (χ2v) is 7.32. The van der Waals surface area contributed by atoms with Crippen molar-refractivity contribution in [2.24, 2.45) is 5.92 Å². The summed E-state index contributed by atoms with van der Waals surface area (Å²) < 4.78 is 11.5. The van der Waals surface area contributed by atoms with Crippen molar-refractivity contribution in [2.75, 3.05) is 20.3 Å². The van der Waals surface area contributed by atoms with Crippen LogP contribution in [0.1, 0.15) is 30.4 Å². The zero-order valence-corrected chi connectivity index (χ0v) is 13.2. The maximum absolute atomic E-state index is 12.7. The van der Waals surface area contributed by atoms with Crippen molar-refractivity contribution in [1.29, 1.82) is 0 Å². The van der Waals surface area contributed by atoms with Crippen molar-refractivity contribution >= 4 is 5.78 Å². The van der Waals surface area contributed by atoms with E-state index in [4.69, 9.17) is 9.47 Å². The van der Waals surface area contributed by atoms with Gasteiger partial charge in [0.1, 0.15) is 5.78 Å². The summed E-state index contributed by atoms with van der Waals surface area (Å²) in [5.74, 6) is 1.44. The number of hydrogen-bond donors (Lipinski definition) is 2. The number of benzene rings is 1. The Balaban J connectivity index is 1.86. The van der Waals surface area contributed by atoms with Crippen LogP contribution >= 0.6 is 0 Å². The minimum atomic E-state index is -0.873. The van der Waals surface area contributed by atoms with E-state index in [0.29, 0.717) is 25.2 Å². The normalized spacial score (nSPS) is 40.2. The zero-order valence-electron chi connectivity index (χ0n) is 13.2. The Bertz CT molecular complexity index is 717. The number of carbonyl (C=O) groups is 1. The molecule has 5 heteroatoms. The van der Waals surface area contributed by atoms with Gasteiger partial charge in [-0.25, -0.2) is 0 Å². The summed E-state index contributed by atoms with van der Waals surface area (Å²) in [5.41, 5.74) is 0.832. The maximum Gasteiger partial charge on any atom is 0.165 e. The Labute approximate surface area is 135 Å². The predicted octanol–water partition coefficient (Wildman–Crippen LogP) is 0.954. The molecule has 2 aliphatic carbocycles. The van der Waals surface area contributed by atoms with Crippen LogP contribution in [0, 0.1) is 5.92 Å². The van der Waals surface area contributed by atoms with Crippen molar-refractivity contribution in [1.82, 2.24) is 5.32 Å². The van der Waals surface area contributed by atoms with Gasteiger partial charge in [0.15, 0.2) is 11.5 Å². The summed E-state index contributed by atoms with van der Waals surface area (Å²) in [7, 11) is 1.64. The second kappa shape index (κ2) is 4.28. The molecule has 0 radical (unpaired) electrons. The van der Waals surface area contributed by atoms with Crippen molar-refractivity contribution in [3.05, 3.63) is 23.3 Å². The van der Waals surface area contributed by atoms with Gasteiger partial charge in [-0.05, 0) is 37.4 Å². The van der Waals surface area contributed by atoms with E-state index in [-0.39, 0.29) is 17.7 Å². The Morgan fingerprint density at radius 2 is 2.26 bits per heavy atom. The van der Waals surface area contributed by atoms with E-state index < -0.39 is 11.0 Å². The van der Waals surface area contributed by atoms with Crippen molar-refractivity contribution < 1.29 is 19.4 Å². The molecule has 2 N–H and O–H groups in total. The average molecular weight is 315 g/mol. The van der Waals surface area contributed by atoms with Crippen LogP contribution in [0.15, 0.2) is 12.1 Å². The third kappa shape index (κ3) is 1.40.